The molecule has 1 unspecified atom stereocenters. The van der Waals surface area contributed by atoms with Crippen molar-refractivity contribution in [2.45, 2.75) is 134 Å². The van der Waals surface area contributed by atoms with E-state index < -0.39 is 65.6 Å². The average molecular weight is 866 g/mol. The Bertz CT molecular complexity index is 1880. The molecule has 5 atom stereocenters. The number of ether oxygens (including phenoxy) is 2. The molecule has 2 heterocycles. The van der Waals surface area contributed by atoms with Crippen LogP contribution in [0.1, 0.15) is 114 Å². The number of fused-ring (bicyclic) bond motifs is 9. The van der Waals surface area contributed by atoms with E-state index in [0.717, 1.165) is 25.7 Å². The molecule has 2 aliphatic heterocycles. The number of carbonyl (C=O) groups excluding carboxylic acids is 4. The number of carbonyl (C=O) groups is 5. The lowest BCUT2D eigenvalue weighted by Gasteiger charge is -2.30. The van der Waals surface area contributed by atoms with E-state index in [9.17, 15) is 34.2 Å². The maximum absolute atomic E-state index is 14.5. The third kappa shape index (κ3) is 15.9. The molecule has 0 aliphatic carbocycles. The summed E-state index contributed by atoms with van der Waals surface area (Å²) in [6.45, 7) is 6.04. The Morgan fingerprint density at radius 2 is 1.54 bits per heavy atom. The van der Waals surface area contributed by atoms with Crippen molar-refractivity contribution >= 4 is 42.0 Å². The van der Waals surface area contributed by atoms with Crippen LogP contribution >= 0.6 is 12.4 Å². The average Bonchev–Trinajstić information content (AvgIpc) is 3.21. The van der Waals surface area contributed by atoms with E-state index in [0.29, 0.717) is 29.7 Å². The number of methoxy groups -OCH3 is 1. The monoisotopic (exact) mass is 865 g/mol. The number of rotatable bonds is 20. The number of nitrogens with two attached hydrogens (primary N) is 1. The van der Waals surface area contributed by atoms with E-state index >= 15 is 0 Å². The van der Waals surface area contributed by atoms with Crippen LogP contribution in [0, 0.1) is 5.92 Å². The fourth-order valence-corrected chi connectivity index (χ4v) is 7.30. The number of phenols is 1. The summed E-state index contributed by atoms with van der Waals surface area (Å²) in [6.07, 6.45) is 9.77. The van der Waals surface area contributed by atoms with Gasteiger partial charge < -0.3 is 46.7 Å². The molecule has 0 aromatic heterocycles. The Morgan fingerprint density at radius 3 is 2.15 bits per heavy atom. The van der Waals surface area contributed by atoms with Gasteiger partial charge in [-0.25, -0.2) is 4.79 Å². The second-order valence-corrected chi connectivity index (χ2v) is 16.0. The van der Waals surface area contributed by atoms with Crippen molar-refractivity contribution in [3.63, 3.8) is 0 Å². The van der Waals surface area contributed by atoms with Gasteiger partial charge in [0, 0.05) is 19.3 Å². The van der Waals surface area contributed by atoms with Gasteiger partial charge >= 0.3 is 5.97 Å². The number of halogens is 1. The lowest BCUT2D eigenvalue weighted by atomic mass is 9.96. The molecule has 61 heavy (non-hydrogen) atoms. The Kier molecular flexibility index (Phi) is 20.9. The molecule has 15 heteroatoms. The predicted molar refractivity (Wildman–Crippen MR) is 236 cm³/mol. The molecule has 8 N–H and O–H groups in total. The van der Waals surface area contributed by atoms with E-state index in [-0.39, 0.29) is 54.6 Å². The summed E-state index contributed by atoms with van der Waals surface area (Å²) in [4.78, 5) is 68.5. The summed E-state index contributed by atoms with van der Waals surface area (Å²) in [6, 6.07) is 11.7. The highest BCUT2D eigenvalue weighted by molar-refractivity contribution is 5.94. The number of phenolic OH excluding ortho intramolecular Hbond substituents is 1. The number of hydrogen-bond acceptors (Lipinski definition) is 9. The predicted octanol–water partition coefficient (Wildman–Crippen LogP) is 6.40. The van der Waals surface area contributed by atoms with Gasteiger partial charge in [0.05, 0.1) is 19.2 Å². The number of hydrogen-bond donors (Lipinski definition) is 7. The minimum atomic E-state index is -1.72. The van der Waals surface area contributed by atoms with Gasteiger partial charge in [0.1, 0.15) is 17.8 Å². The van der Waals surface area contributed by atoms with E-state index in [1.165, 1.54) is 44.9 Å². The molecule has 4 amide bonds. The highest BCUT2D eigenvalue weighted by Crippen LogP contribution is 2.42. The SMILES string of the molecule is CCCCCCCCCCCC(=O)N[C@@H](C(=O)O)C1NC(=O)[C@H](Cc2ccccc2)NC(=O)[C@H](NC(=O)[C@H](N)CC(C)C)Cc2ccc(cc2)Oc2cc1cc(O)c2OC.Cl. The first-order valence-electron chi connectivity index (χ1n) is 21.2. The lowest BCUT2D eigenvalue weighted by molar-refractivity contribution is -0.143. The topological polar surface area (TPSA) is 218 Å². The third-order valence-corrected chi connectivity index (χ3v) is 10.5. The van der Waals surface area contributed by atoms with E-state index in [4.69, 9.17) is 15.2 Å². The van der Waals surface area contributed by atoms with Gasteiger partial charge in [0.15, 0.2) is 17.5 Å². The van der Waals surface area contributed by atoms with Gasteiger partial charge in [-0.2, -0.15) is 0 Å². The molecule has 3 aromatic carbocycles. The second kappa shape index (κ2) is 25.4. The summed E-state index contributed by atoms with van der Waals surface area (Å²) in [5.74, 6) is -3.99. The summed E-state index contributed by atoms with van der Waals surface area (Å²) >= 11 is 0. The van der Waals surface area contributed by atoms with Crippen LogP contribution < -0.4 is 36.5 Å². The molecule has 334 valence electrons. The molecule has 4 bridgehead atoms. The van der Waals surface area contributed by atoms with Crippen molar-refractivity contribution in [1.82, 2.24) is 21.3 Å². The van der Waals surface area contributed by atoms with Gasteiger partial charge in [-0.15, -0.1) is 12.4 Å². The van der Waals surface area contributed by atoms with Gasteiger partial charge in [-0.3, -0.25) is 19.2 Å². The van der Waals surface area contributed by atoms with Crippen LogP contribution in [0.4, 0.5) is 0 Å². The van der Waals surface area contributed by atoms with Crippen LogP contribution in [-0.4, -0.2) is 71.1 Å². The van der Waals surface area contributed by atoms with Crippen molar-refractivity contribution in [3.8, 4) is 23.0 Å². The zero-order chi connectivity index (χ0) is 43.6. The zero-order valence-corrected chi connectivity index (χ0v) is 36.6. The normalized spacial score (nSPS) is 17.5. The number of carboxylic acid groups (broad SMARTS) is 1. The fraction of sp³-hybridized carbons (Fsp3) is 0.500. The Morgan fingerprint density at radius 1 is 0.902 bits per heavy atom. The van der Waals surface area contributed by atoms with Crippen molar-refractivity contribution in [1.29, 1.82) is 0 Å². The van der Waals surface area contributed by atoms with Crippen molar-refractivity contribution < 1.29 is 43.7 Å². The largest absolute Gasteiger partial charge is 0.504 e. The lowest BCUT2D eigenvalue weighted by Crippen LogP contribution is -2.58. The van der Waals surface area contributed by atoms with Gasteiger partial charge in [-0.1, -0.05) is 115 Å². The van der Waals surface area contributed by atoms with Crippen LogP contribution in [0.25, 0.3) is 0 Å². The quantitative estimate of drug-likeness (QED) is 0.0620. The summed E-state index contributed by atoms with van der Waals surface area (Å²) in [5.41, 5.74) is 7.62. The second-order valence-electron chi connectivity index (χ2n) is 16.0. The Balaban J connectivity index is 0.00000992. The number of nitrogens with one attached hydrogen (secondary N) is 4. The number of unbranched alkanes of at least 4 members (excludes halogenated alkanes) is 8. The fourth-order valence-electron chi connectivity index (χ4n) is 7.30. The molecule has 14 nitrogen and oxygen atoms in total. The molecule has 0 spiro atoms. The van der Waals surface area contributed by atoms with Gasteiger partial charge in [0.25, 0.3) is 0 Å². The molecular formula is C46H64ClN5O9. The van der Waals surface area contributed by atoms with Crippen LogP contribution in [0.15, 0.2) is 66.7 Å². The molecule has 2 aliphatic rings. The van der Waals surface area contributed by atoms with Gasteiger partial charge in [-0.05, 0) is 59.7 Å². The first kappa shape index (κ1) is 50.0. The molecule has 0 fully saturated rings. The van der Waals surface area contributed by atoms with Crippen LogP contribution in [-0.2, 0) is 36.8 Å². The van der Waals surface area contributed by atoms with E-state index in [2.05, 4.69) is 28.2 Å². The third-order valence-electron chi connectivity index (χ3n) is 10.5. The molecular weight excluding hydrogens is 802 g/mol. The van der Waals surface area contributed by atoms with Crippen molar-refractivity contribution in [3.05, 3.63) is 83.4 Å². The Labute approximate surface area is 365 Å². The standard InChI is InChI=1S/C46H63N5O9.ClH/c1-5-6-7-8-9-10-11-12-16-19-39(53)50-41(46(57)58)40-32-27-37(52)42(59-4)38(28-32)60-33-22-20-31(21-23-33)26-35(48-43(54)34(47)24-29(2)3)44(55)49-36(45(56)51-40)25-30-17-14-13-15-18-30;/h13-15,17-18,20-23,27-29,34-36,40-41,52H,5-12,16,19,24-26,47H2,1-4H3,(H,48,54)(H,49,55)(H,50,53)(H,51,56)(H,57,58);1H/t34-,35-,36+,40?,41-;/m1./s1. The Hall–Kier alpha value is -5.34. The number of aliphatic carboxylic acids is 1. The minimum absolute atomic E-state index is 0. The van der Waals surface area contributed by atoms with Crippen LogP contribution in [0.2, 0.25) is 0 Å². The molecule has 5 rings (SSSR count). The highest BCUT2D eigenvalue weighted by Gasteiger charge is 2.37. The maximum atomic E-state index is 14.5. The summed E-state index contributed by atoms with van der Waals surface area (Å²) in [5, 5.41) is 32.8. The first-order valence-corrected chi connectivity index (χ1v) is 21.2. The summed E-state index contributed by atoms with van der Waals surface area (Å²) in [7, 11) is 1.33. The number of benzene rings is 3. The van der Waals surface area contributed by atoms with Crippen LogP contribution in [0.5, 0.6) is 23.0 Å². The molecule has 0 saturated carbocycles. The molecule has 3 aromatic rings. The van der Waals surface area contributed by atoms with E-state index in [1.54, 1.807) is 54.6 Å². The number of amides is 4. The smallest absolute Gasteiger partial charge is 0.328 e. The molecule has 0 saturated heterocycles. The minimum Gasteiger partial charge on any atom is -0.504 e. The highest BCUT2D eigenvalue weighted by atomic mass is 35.5. The number of carboxylic acids is 1. The zero-order valence-electron chi connectivity index (χ0n) is 35.7. The number of aromatic hydroxyl groups is 1. The van der Waals surface area contributed by atoms with Gasteiger partial charge in [0.2, 0.25) is 29.4 Å². The first-order chi connectivity index (χ1) is 28.8. The van der Waals surface area contributed by atoms with Crippen molar-refractivity contribution in [2.75, 3.05) is 7.11 Å². The van der Waals surface area contributed by atoms with E-state index in [1.807, 2.05) is 13.8 Å². The van der Waals surface area contributed by atoms with Crippen molar-refractivity contribution in [2.24, 2.45) is 11.7 Å². The molecule has 0 radical (unpaired) electrons. The van der Waals surface area contributed by atoms with Crippen LogP contribution in [0.3, 0.4) is 0 Å². The maximum Gasteiger partial charge on any atom is 0.328 e. The summed E-state index contributed by atoms with van der Waals surface area (Å²) < 4.78 is 11.6.